The maximum Gasteiger partial charge on any atom is 0.196 e. The van der Waals surface area contributed by atoms with Gasteiger partial charge >= 0.3 is 0 Å². The van der Waals surface area contributed by atoms with Crippen molar-refractivity contribution >= 4 is 5.69 Å². The van der Waals surface area contributed by atoms with Crippen molar-refractivity contribution in [3.63, 3.8) is 0 Å². The number of nitrogens with zero attached hydrogens (tertiary/aromatic N) is 1. The second kappa shape index (κ2) is 5.61. The number of halogens is 4. The first-order chi connectivity index (χ1) is 9.52. The molecule has 0 aliphatic heterocycles. The molecular formula is C14H8F4N2. The minimum Gasteiger partial charge on any atom is -0.378 e. The molecule has 0 aliphatic carbocycles. The molecule has 0 amide bonds. The molecule has 2 rings (SSSR count). The Morgan fingerprint density at radius 1 is 1.00 bits per heavy atom. The van der Waals surface area contributed by atoms with E-state index >= 15 is 0 Å². The van der Waals surface area contributed by atoms with Gasteiger partial charge in [0, 0.05) is 6.54 Å². The van der Waals surface area contributed by atoms with Crippen LogP contribution in [0.2, 0.25) is 0 Å². The molecule has 0 bridgehead atoms. The van der Waals surface area contributed by atoms with Crippen LogP contribution in [0.5, 0.6) is 0 Å². The summed E-state index contributed by atoms with van der Waals surface area (Å²) in [6.45, 7) is -0.0946. The quantitative estimate of drug-likeness (QED) is 0.687. The molecule has 0 heterocycles. The second-order valence-electron chi connectivity index (χ2n) is 3.99. The molecule has 0 saturated heterocycles. The van der Waals surface area contributed by atoms with Crippen molar-refractivity contribution < 1.29 is 17.6 Å². The molecule has 0 fully saturated rings. The SMILES string of the molecule is N#Cc1ccc(F)cc1CNc1ccc(F)c(F)c1F. The Morgan fingerprint density at radius 2 is 1.75 bits per heavy atom. The maximum absolute atomic E-state index is 13.4. The Bertz CT molecular complexity index is 692. The van der Waals surface area contributed by atoms with E-state index < -0.39 is 23.3 Å². The average molecular weight is 280 g/mol. The van der Waals surface area contributed by atoms with Crippen LogP contribution < -0.4 is 5.32 Å². The third-order valence-electron chi connectivity index (χ3n) is 2.69. The van der Waals surface area contributed by atoms with Crippen LogP contribution in [0.1, 0.15) is 11.1 Å². The number of rotatable bonds is 3. The highest BCUT2D eigenvalue weighted by Gasteiger charge is 2.13. The molecule has 20 heavy (non-hydrogen) atoms. The number of hydrogen-bond acceptors (Lipinski definition) is 2. The Labute approximate surface area is 112 Å². The standard InChI is InChI=1S/C14H8F4N2/c15-10-2-1-8(6-19)9(5-10)7-20-12-4-3-11(16)13(17)14(12)18/h1-5,20H,7H2. The molecule has 1 N–H and O–H groups in total. The number of nitriles is 1. The number of anilines is 1. The van der Waals surface area contributed by atoms with Crippen molar-refractivity contribution in [1.82, 2.24) is 0 Å². The van der Waals surface area contributed by atoms with Gasteiger partial charge in [-0.15, -0.1) is 0 Å². The van der Waals surface area contributed by atoms with Crippen LogP contribution in [0.3, 0.4) is 0 Å². The van der Waals surface area contributed by atoms with Crippen LogP contribution in [0.4, 0.5) is 23.2 Å². The molecule has 2 aromatic rings. The first-order valence-corrected chi connectivity index (χ1v) is 5.59. The Balaban J connectivity index is 2.24. The molecule has 0 unspecified atom stereocenters. The van der Waals surface area contributed by atoms with Gasteiger partial charge in [-0.1, -0.05) is 0 Å². The molecule has 2 nitrogen and oxygen atoms in total. The first-order valence-electron chi connectivity index (χ1n) is 5.59. The van der Waals surface area contributed by atoms with Gasteiger partial charge in [0.05, 0.1) is 17.3 Å². The van der Waals surface area contributed by atoms with Gasteiger partial charge in [-0.05, 0) is 35.9 Å². The van der Waals surface area contributed by atoms with Gasteiger partial charge in [0.2, 0.25) is 0 Å². The fourth-order valence-corrected chi connectivity index (χ4v) is 1.67. The Hall–Kier alpha value is -2.55. The smallest absolute Gasteiger partial charge is 0.196 e. The zero-order valence-electron chi connectivity index (χ0n) is 10.1. The predicted octanol–water partition coefficient (Wildman–Crippen LogP) is 3.73. The largest absolute Gasteiger partial charge is 0.378 e. The van der Waals surface area contributed by atoms with Gasteiger partial charge in [-0.25, -0.2) is 17.6 Å². The van der Waals surface area contributed by atoms with Gasteiger partial charge in [0.1, 0.15) is 5.82 Å². The van der Waals surface area contributed by atoms with E-state index in [1.807, 2.05) is 6.07 Å². The zero-order chi connectivity index (χ0) is 14.7. The van der Waals surface area contributed by atoms with Gasteiger partial charge in [-0.2, -0.15) is 5.26 Å². The predicted molar refractivity (Wildman–Crippen MR) is 64.8 cm³/mol. The second-order valence-corrected chi connectivity index (χ2v) is 3.99. The summed E-state index contributed by atoms with van der Waals surface area (Å²) in [7, 11) is 0. The molecule has 0 aromatic heterocycles. The van der Waals surface area contributed by atoms with Crippen LogP contribution in [0.15, 0.2) is 30.3 Å². The van der Waals surface area contributed by atoms with E-state index in [4.69, 9.17) is 5.26 Å². The third kappa shape index (κ3) is 2.72. The topological polar surface area (TPSA) is 35.8 Å². The molecular weight excluding hydrogens is 272 g/mol. The lowest BCUT2D eigenvalue weighted by atomic mass is 10.1. The van der Waals surface area contributed by atoms with Crippen molar-refractivity contribution in [2.45, 2.75) is 6.54 Å². The highest BCUT2D eigenvalue weighted by atomic mass is 19.2. The highest BCUT2D eigenvalue weighted by molar-refractivity contribution is 5.47. The molecule has 0 spiro atoms. The summed E-state index contributed by atoms with van der Waals surface area (Å²) in [6.07, 6.45) is 0. The average Bonchev–Trinajstić information content (AvgIpc) is 2.44. The number of hydrogen-bond donors (Lipinski definition) is 1. The van der Waals surface area contributed by atoms with Crippen LogP contribution in [-0.4, -0.2) is 0 Å². The van der Waals surface area contributed by atoms with Crippen molar-refractivity contribution in [3.05, 3.63) is 64.7 Å². The van der Waals surface area contributed by atoms with E-state index in [2.05, 4.69) is 5.32 Å². The van der Waals surface area contributed by atoms with Crippen molar-refractivity contribution in [2.24, 2.45) is 0 Å². The van der Waals surface area contributed by atoms with Crippen molar-refractivity contribution in [1.29, 1.82) is 5.26 Å². The monoisotopic (exact) mass is 280 g/mol. The molecule has 0 atom stereocenters. The fraction of sp³-hybridized carbons (Fsp3) is 0.0714. The van der Waals surface area contributed by atoms with E-state index in [1.165, 1.54) is 6.07 Å². The van der Waals surface area contributed by atoms with E-state index in [0.29, 0.717) is 0 Å². The van der Waals surface area contributed by atoms with E-state index in [9.17, 15) is 17.6 Å². The third-order valence-corrected chi connectivity index (χ3v) is 2.69. The van der Waals surface area contributed by atoms with Crippen molar-refractivity contribution in [3.8, 4) is 6.07 Å². The Morgan fingerprint density at radius 3 is 2.45 bits per heavy atom. The summed E-state index contributed by atoms with van der Waals surface area (Å²) in [6, 6.07) is 7.19. The molecule has 102 valence electrons. The summed E-state index contributed by atoms with van der Waals surface area (Å²) in [5.74, 6) is -4.79. The first kappa shape index (κ1) is 13.9. The maximum atomic E-state index is 13.4. The molecule has 0 radical (unpaired) electrons. The summed E-state index contributed by atoms with van der Waals surface area (Å²) in [5.41, 5.74) is 0.232. The minimum absolute atomic E-state index is 0.0946. The molecule has 0 saturated carbocycles. The summed E-state index contributed by atoms with van der Waals surface area (Å²) in [4.78, 5) is 0. The summed E-state index contributed by atoms with van der Waals surface area (Å²) < 4.78 is 52.3. The normalized spacial score (nSPS) is 10.2. The van der Waals surface area contributed by atoms with Gasteiger partial charge in [0.15, 0.2) is 17.5 Å². The van der Waals surface area contributed by atoms with Crippen LogP contribution in [0, 0.1) is 34.6 Å². The van der Waals surface area contributed by atoms with Gasteiger partial charge in [0.25, 0.3) is 0 Å². The summed E-state index contributed by atoms with van der Waals surface area (Å²) in [5, 5.41) is 11.4. The molecule has 0 aliphatic rings. The lowest BCUT2D eigenvalue weighted by Crippen LogP contribution is -2.05. The molecule has 2 aromatic carbocycles. The lowest BCUT2D eigenvalue weighted by molar-refractivity contribution is 0.449. The van der Waals surface area contributed by atoms with Crippen molar-refractivity contribution in [2.75, 3.05) is 5.32 Å². The van der Waals surface area contributed by atoms with Crippen LogP contribution in [0.25, 0.3) is 0 Å². The lowest BCUT2D eigenvalue weighted by Gasteiger charge is -2.09. The van der Waals surface area contributed by atoms with E-state index in [-0.39, 0.29) is 23.4 Å². The Kier molecular flexibility index (Phi) is 3.89. The zero-order valence-corrected chi connectivity index (χ0v) is 10.1. The van der Waals surface area contributed by atoms with Gasteiger partial charge in [-0.3, -0.25) is 0 Å². The number of benzene rings is 2. The number of nitrogens with one attached hydrogen (secondary N) is 1. The van der Waals surface area contributed by atoms with E-state index in [0.717, 1.165) is 24.3 Å². The van der Waals surface area contributed by atoms with E-state index in [1.54, 1.807) is 0 Å². The molecule has 6 heteroatoms. The van der Waals surface area contributed by atoms with Crippen LogP contribution >= 0.6 is 0 Å². The summed E-state index contributed by atoms with van der Waals surface area (Å²) >= 11 is 0. The minimum atomic E-state index is -1.59. The highest BCUT2D eigenvalue weighted by Crippen LogP contribution is 2.21. The fourth-order valence-electron chi connectivity index (χ4n) is 1.67. The van der Waals surface area contributed by atoms with Gasteiger partial charge < -0.3 is 5.32 Å². The van der Waals surface area contributed by atoms with Crippen LogP contribution in [-0.2, 0) is 6.54 Å².